The van der Waals surface area contributed by atoms with E-state index in [4.69, 9.17) is 4.74 Å². The molecular weight excluding hydrogens is 102 g/mol. The van der Waals surface area contributed by atoms with Crippen LogP contribution in [0.15, 0.2) is 0 Å². The zero-order chi connectivity index (χ0) is 5.82. The van der Waals surface area contributed by atoms with Gasteiger partial charge in [0.2, 0.25) is 0 Å². The van der Waals surface area contributed by atoms with E-state index >= 15 is 0 Å². The van der Waals surface area contributed by atoms with Crippen molar-refractivity contribution in [2.24, 2.45) is 0 Å². The summed E-state index contributed by atoms with van der Waals surface area (Å²) in [5, 5.41) is 3.10. The zero-order valence-electron chi connectivity index (χ0n) is 5.18. The van der Waals surface area contributed by atoms with Gasteiger partial charge in [-0.2, -0.15) is 0 Å². The first-order chi connectivity index (χ1) is 3.93. The highest BCUT2D eigenvalue weighted by Gasteiger charge is 2.16. The molecule has 0 aromatic rings. The van der Waals surface area contributed by atoms with Gasteiger partial charge in [-0.05, 0) is 13.0 Å². The number of nitrogens with one attached hydrogen (secondary N) is 1. The normalized spacial score (nSPS) is 27.4. The average molecular weight is 114 g/mol. The van der Waals surface area contributed by atoms with E-state index in [0.717, 1.165) is 13.2 Å². The van der Waals surface area contributed by atoms with E-state index in [0.29, 0.717) is 6.10 Å². The quantitative estimate of drug-likeness (QED) is 0.578. The first kappa shape index (κ1) is 6.05. The van der Waals surface area contributed by atoms with E-state index in [1.165, 1.54) is 6.42 Å². The molecule has 2 nitrogen and oxygen atoms in total. The van der Waals surface area contributed by atoms with E-state index in [-0.39, 0.29) is 0 Å². The van der Waals surface area contributed by atoms with Crippen LogP contribution in [-0.2, 0) is 4.74 Å². The Kier molecular flexibility index (Phi) is 2.30. The van der Waals surface area contributed by atoms with Crippen LogP contribution in [0.25, 0.3) is 0 Å². The number of likely N-dealkylation sites (N-methyl/N-ethyl adjacent to an activating group) is 1. The van der Waals surface area contributed by atoms with Crippen molar-refractivity contribution >= 4 is 0 Å². The second kappa shape index (κ2) is 3.05. The van der Waals surface area contributed by atoms with Gasteiger partial charge in [0.1, 0.15) is 0 Å². The Balaban J connectivity index is 1.86. The topological polar surface area (TPSA) is 21.3 Å². The number of rotatable bonds is 3. The Labute approximate surface area is 50.2 Å². The summed E-state index contributed by atoms with van der Waals surface area (Å²) in [6.07, 6.45) is 1.59. The highest BCUT2D eigenvalue weighted by molar-refractivity contribution is 4.79. The van der Waals surface area contributed by atoms with Crippen molar-refractivity contribution in [3.05, 3.63) is 6.54 Å². The fourth-order valence-corrected chi connectivity index (χ4v) is 0.635. The monoisotopic (exact) mass is 114 g/mol. The standard InChI is InChI=1S/C6H12NO/c1-2-7-5-6-3-4-8-6/h5-7H,2-4H2,1H3. The first-order valence-electron chi connectivity index (χ1n) is 3.12. The van der Waals surface area contributed by atoms with Crippen LogP contribution in [0, 0.1) is 6.54 Å². The van der Waals surface area contributed by atoms with Crippen LogP contribution in [0.2, 0.25) is 0 Å². The molecule has 0 saturated carbocycles. The van der Waals surface area contributed by atoms with Gasteiger partial charge < -0.3 is 10.1 Å². The molecule has 1 radical (unpaired) electrons. The van der Waals surface area contributed by atoms with Crippen LogP contribution in [0.3, 0.4) is 0 Å². The van der Waals surface area contributed by atoms with Crippen molar-refractivity contribution in [3.8, 4) is 0 Å². The summed E-state index contributed by atoms with van der Waals surface area (Å²) in [5.41, 5.74) is 0. The molecule has 1 fully saturated rings. The van der Waals surface area contributed by atoms with E-state index in [9.17, 15) is 0 Å². The Bertz CT molecular complexity index is 61.5. The van der Waals surface area contributed by atoms with Crippen LogP contribution >= 0.6 is 0 Å². The lowest BCUT2D eigenvalue weighted by Crippen LogP contribution is -2.32. The van der Waals surface area contributed by atoms with Crippen molar-refractivity contribution in [2.45, 2.75) is 19.4 Å². The Hall–Kier alpha value is -0.0800. The van der Waals surface area contributed by atoms with Gasteiger partial charge in [-0.15, -0.1) is 0 Å². The van der Waals surface area contributed by atoms with E-state index in [1.54, 1.807) is 0 Å². The van der Waals surface area contributed by atoms with E-state index in [1.807, 2.05) is 6.54 Å². The average Bonchev–Trinajstić information content (AvgIpc) is 1.63. The maximum atomic E-state index is 5.11. The summed E-state index contributed by atoms with van der Waals surface area (Å²) in [6, 6.07) is 0. The number of hydrogen-bond acceptors (Lipinski definition) is 2. The fourth-order valence-electron chi connectivity index (χ4n) is 0.635. The van der Waals surface area contributed by atoms with Gasteiger partial charge in [0.25, 0.3) is 0 Å². The minimum absolute atomic E-state index is 0.398. The lowest BCUT2D eigenvalue weighted by molar-refractivity contribution is -0.0324. The minimum atomic E-state index is 0.398. The van der Waals surface area contributed by atoms with Crippen LogP contribution in [0.5, 0.6) is 0 Å². The van der Waals surface area contributed by atoms with Gasteiger partial charge in [0.15, 0.2) is 0 Å². The molecule has 1 saturated heterocycles. The highest BCUT2D eigenvalue weighted by atomic mass is 16.5. The third-order valence-corrected chi connectivity index (χ3v) is 1.24. The minimum Gasteiger partial charge on any atom is -0.376 e. The van der Waals surface area contributed by atoms with Crippen molar-refractivity contribution in [1.82, 2.24) is 5.32 Å². The second-order valence-electron chi connectivity index (χ2n) is 1.92. The molecule has 1 aliphatic heterocycles. The van der Waals surface area contributed by atoms with Gasteiger partial charge in [0.05, 0.1) is 12.6 Å². The van der Waals surface area contributed by atoms with Crippen molar-refractivity contribution < 1.29 is 4.74 Å². The van der Waals surface area contributed by atoms with Gasteiger partial charge in [0, 0.05) is 6.61 Å². The van der Waals surface area contributed by atoms with E-state index < -0.39 is 0 Å². The third kappa shape index (κ3) is 1.46. The maximum absolute atomic E-state index is 5.11. The Morgan fingerprint density at radius 1 is 1.88 bits per heavy atom. The van der Waals surface area contributed by atoms with Crippen LogP contribution in [0.4, 0.5) is 0 Å². The van der Waals surface area contributed by atoms with Crippen molar-refractivity contribution in [2.75, 3.05) is 13.2 Å². The Morgan fingerprint density at radius 2 is 2.62 bits per heavy atom. The van der Waals surface area contributed by atoms with Crippen molar-refractivity contribution in [1.29, 1.82) is 0 Å². The summed E-state index contributed by atoms with van der Waals surface area (Å²) < 4.78 is 5.11. The lowest BCUT2D eigenvalue weighted by Gasteiger charge is -2.25. The molecular formula is C6H12NO. The molecule has 1 unspecified atom stereocenters. The van der Waals surface area contributed by atoms with Crippen LogP contribution in [-0.4, -0.2) is 19.3 Å². The molecule has 8 heavy (non-hydrogen) atoms. The van der Waals surface area contributed by atoms with Gasteiger partial charge >= 0.3 is 0 Å². The SMILES string of the molecule is CCN[CH]C1CCO1. The molecule has 0 amide bonds. The molecule has 0 aromatic heterocycles. The largest absolute Gasteiger partial charge is 0.376 e. The highest BCUT2D eigenvalue weighted by Crippen LogP contribution is 2.11. The number of hydrogen-bond donors (Lipinski definition) is 1. The molecule has 1 atom stereocenters. The molecule has 0 spiro atoms. The third-order valence-electron chi connectivity index (χ3n) is 1.24. The van der Waals surface area contributed by atoms with E-state index in [2.05, 4.69) is 12.2 Å². The van der Waals surface area contributed by atoms with Crippen molar-refractivity contribution in [3.63, 3.8) is 0 Å². The molecule has 1 heterocycles. The fraction of sp³-hybridized carbons (Fsp3) is 0.833. The smallest absolute Gasteiger partial charge is 0.0766 e. The molecule has 1 rings (SSSR count). The van der Waals surface area contributed by atoms with Crippen LogP contribution in [0.1, 0.15) is 13.3 Å². The summed E-state index contributed by atoms with van der Waals surface area (Å²) in [4.78, 5) is 0. The molecule has 47 valence electrons. The lowest BCUT2D eigenvalue weighted by atomic mass is 10.2. The first-order valence-corrected chi connectivity index (χ1v) is 3.12. The van der Waals surface area contributed by atoms with Gasteiger partial charge in [-0.1, -0.05) is 6.92 Å². The Morgan fingerprint density at radius 3 is 3.00 bits per heavy atom. The molecule has 2 heteroatoms. The van der Waals surface area contributed by atoms with Crippen LogP contribution < -0.4 is 5.32 Å². The molecule has 0 bridgehead atoms. The molecule has 0 aliphatic carbocycles. The number of ether oxygens (including phenoxy) is 1. The summed E-state index contributed by atoms with van der Waals surface area (Å²) in [6.45, 7) is 6.03. The molecule has 1 aliphatic rings. The second-order valence-corrected chi connectivity index (χ2v) is 1.92. The summed E-state index contributed by atoms with van der Waals surface area (Å²) in [7, 11) is 0. The zero-order valence-corrected chi connectivity index (χ0v) is 5.18. The van der Waals surface area contributed by atoms with Gasteiger partial charge in [-0.3, -0.25) is 0 Å². The predicted molar refractivity (Wildman–Crippen MR) is 32.3 cm³/mol. The molecule has 1 N–H and O–H groups in total. The summed E-state index contributed by atoms with van der Waals surface area (Å²) >= 11 is 0. The predicted octanol–water partition coefficient (Wildman–Crippen LogP) is 0.547. The molecule has 0 aromatic carbocycles. The maximum Gasteiger partial charge on any atom is 0.0766 e. The van der Waals surface area contributed by atoms with Gasteiger partial charge in [-0.25, -0.2) is 0 Å². The summed E-state index contributed by atoms with van der Waals surface area (Å²) in [5.74, 6) is 0.